The molecule has 0 unspecified atom stereocenters. The van der Waals surface area contributed by atoms with E-state index in [0.717, 1.165) is 11.4 Å². The molecule has 0 aliphatic rings. The Morgan fingerprint density at radius 3 is 2.59 bits per heavy atom. The minimum atomic E-state index is -0.160. The second-order valence-corrected chi connectivity index (χ2v) is 3.51. The van der Waals surface area contributed by atoms with Gasteiger partial charge in [0, 0.05) is 25.1 Å². The van der Waals surface area contributed by atoms with Crippen molar-refractivity contribution in [2.75, 3.05) is 19.1 Å². The highest BCUT2D eigenvalue weighted by Crippen LogP contribution is 2.18. The monoisotopic (exact) mass is 231 g/mol. The number of hydrogen-bond acceptors (Lipinski definition) is 3. The van der Waals surface area contributed by atoms with Crippen LogP contribution in [0.5, 0.6) is 5.75 Å². The Morgan fingerprint density at radius 2 is 2.06 bits per heavy atom. The number of methoxy groups -OCH3 is 1. The lowest BCUT2D eigenvalue weighted by molar-refractivity contribution is 0.249. The van der Waals surface area contributed by atoms with Crippen LogP contribution in [0.3, 0.4) is 0 Å². The lowest BCUT2D eigenvalue weighted by Gasteiger charge is -2.17. The van der Waals surface area contributed by atoms with E-state index in [1.54, 1.807) is 31.5 Å². The maximum absolute atomic E-state index is 12.0. The minimum Gasteiger partial charge on any atom is -0.497 e. The van der Waals surface area contributed by atoms with Gasteiger partial charge in [-0.3, -0.25) is 9.47 Å². The van der Waals surface area contributed by atoms with Crippen LogP contribution in [0.25, 0.3) is 0 Å². The minimum absolute atomic E-state index is 0.160. The van der Waals surface area contributed by atoms with Gasteiger partial charge in [-0.1, -0.05) is 0 Å². The number of imidazole rings is 1. The molecule has 0 atom stereocenters. The van der Waals surface area contributed by atoms with E-state index in [9.17, 15) is 4.79 Å². The second kappa shape index (κ2) is 4.69. The zero-order valence-electron chi connectivity index (χ0n) is 9.70. The van der Waals surface area contributed by atoms with Crippen molar-refractivity contribution in [3.05, 3.63) is 43.0 Å². The number of carbonyl (C=O) groups excluding carboxylic acids is 1. The molecule has 0 radical (unpaired) electrons. The van der Waals surface area contributed by atoms with Crippen LogP contribution in [-0.2, 0) is 0 Å². The summed E-state index contributed by atoms with van der Waals surface area (Å²) in [6, 6.07) is 7.12. The lowest BCUT2D eigenvalue weighted by Crippen LogP contribution is -2.29. The Morgan fingerprint density at radius 1 is 1.35 bits per heavy atom. The molecule has 2 aromatic rings. The largest absolute Gasteiger partial charge is 0.497 e. The predicted molar refractivity (Wildman–Crippen MR) is 64.4 cm³/mol. The first-order chi connectivity index (χ1) is 8.22. The molecule has 1 aromatic carbocycles. The van der Waals surface area contributed by atoms with Gasteiger partial charge in [0.2, 0.25) is 0 Å². The fourth-order valence-electron chi connectivity index (χ4n) is 1.46. The van der Waals surface area contributed by atoms with Gasteiger partial charge in [0.05, 0.1) is 7.11 Å². The summed E-state index contributed by atoms with van der Waals surface area (Å²) in [5.41, 5.74) is 0.796. The molecule has 0 saturated heterocycles. The van der Waals surface area contributed by atoms with Crippen molar-refractivity contribution in [2.24, 2.45) is 0 Å². The summed E-state index contributed by atoms with van der Waals surface area (Å²) in [6.45, 7) is 0. The van der Waals surface area contributed by atoms with E-state index in [2.05, 4.69) is 4.98 Å². The number of ether oxygens (including phenoxy) is 1. The predicted octanol–water partition coefficient (Wildman–Crippen LogP) is 2.00. The van der Waals surface area contributed by atoms with Crippen molar-refractivity contribution in [3.63, 3.8) is 0 Å². The first-order valence-electron chi connectivity index (χ1n) is 5.12. The van der Waals surface area contributed by atoms with Crippen LogP contribution in [0.4, 0.5) is 10.5 Å². The van der Waals surface area contributed by atoms with Gasteiger partial charge in [0.15, 0.2) is 0 Å². The van der Waals surface area contributed by atoms with Crippen LogP contribution in [0.1, 0.15) is 0 Å². The Balaban J connectivity index is 2.19. The van der Waals surface area contributed by atoms with E-state index in [1.165, 1.54) is 10.9 Å². The first-order valence-corrected chi connectivity index (χ1v) is 5.12. The summed E-state index contributed by atoms with van der Waals surface area (Å²) in [6.07, 6.45) is 4.66. The van der Waals surface area contributed by atoms with Crippen LogP contribution < -0.4 is 9.64 Å². The number of anilines is 1. The van der Waals surface area contributed by atoms with Crippen molar-refractivity contribution in [1.29, 1.82) is 0 Å². The highest BCUT2D eigenvalue weighted by atomic mass is 16.5. The summed E-state index contributed by atoms with van der Waals surface area (Å²) >= 11 is 0. The van der Waals surface area contributed by atoms with Gasteiger partial charge < -0.3 is 4.74 Å². The zero-order chi connectivity index (χ0) is 12.3. The molecule has 0 spiro atoms. The number of nitrogens with zero attached hydrogens (tertiary/aromatic N) is 3. The van der Waals surface area contributed by atoms with Crippen LogP contribution in [0, 0.1) is 0 Å². The average molecular weight is 231 g/mol. The van der Waals surface area contributed by atoms with Crippen molar-refractivity contribution in [1.82, 2.24) is 9.55 Å². The molecular weight excluding hydrogens is 218 g/mol. The number of aromatic nitrogens is 2. The SMILES string of the molecule is COc1ccc(N(C)C(=O)n2ccnc2)cc1. The maximum Gasteiger partial charge on any atom is 0.333 e. The van der Waals surface area contributed by atoms with Crippen LogP contribution >= 0.6 is 0 Å². The van der Waals surface area contributed by atoms with E-state index in [1.807, 2.05) is 24.3 Å². The molecule has 5 nitrogen and oxygen atoms in total. The van der Waals surface area contributed by atoms with Crippen LogP contribution in [0.2, 0.25) is 0 Å². The smallest absolute Gasteiger partial charge is 0.333 e. The molecule has 1 aromatic heterocycles. The molecular formula is C12H13N3O2. The Kier molecular flexibility index (Phi) is 3.09. The van der Waals surface area contributed by atoms with Crippen LogP contribution in [-0.4, -0.2) is 29.7 Å². The van der Waals surface area contributed by atoms with E-state index < -0.39 is 0 Å². The molecule has 2 rings (SSSR count). The second-order valence-electron chi connectivity index (χ2n) is 3.51. The Hall–Kier alpha value is -2.30. The quantitative estimate of drug-likeness (QED) is 0.794. The van der Waals surface area contributed by atoms with Gasteiger partial charge >= 0.3 is 6.03 Å². The van der Waals surface area contributed by atoms with Gasteiger partial charge in [0.1, 0.15) is 12.1 Å². The topological polar surface area (TPSA) is 47.4 Å². The molecule has 0 fully saturated rings. The molecule has 0 saturated carbocycles. The molecule has 0 bridgehead atoms. The van der Waals surface area contributed by atoms with Gasteiger partial charge in [-0.25, -0.2) is 9.78 Å². The molecule has 0 N–H and O–H groups in total. The standard InChI is InChI=1S/C12H13N3O2/c1-14(12(16)15-8-7-13-9-15)10-3-5-11(17-2)6-4-10/h3-9H,1-2H3. The van der Waals surface area contributed by atoms with Crippen molar-refractivity contribution >= 4 is 11.7 Å². The molecule has 1 amide bonds. The van der Waals surface area contributed by atoms with E-state index in [4.69, 9.17) is 4.74 Å². The number of hydrogen-bond donors (Lipinski definition) is 0. The molecule has 88 valence electrons. The molecule has 1 heterocycles. The third kappa shape index (κ3) is 2.28. The van der Waals surface area contributed by atoms with Gasteiger partial charge in [-0.05, 0) is 24.3 Å². The van der Waals surface area contributed by atoms with E-state index in [0.29, 0.717) is 0 Å². The third-order valence-electron chi connectivity index (χ3n) is 2.47. The summed E-state index contributed by atoms with van der Waals surface area (Å²) in [5, 5.41) is 0. The first kappa shape index (κ1) is 11.2. The Bertz CT molecular complexity index is 491. The number of rotatable bonds is 2. The van der Waals surface area contributed by atoms with E-state index in [-0.39, 0.29) is 6.03 Å². The van der Waals surface area contributed by atoms with Gasteiger partial charge in [-0.15, -0.1) is 0 Å². The third-order valence-corrected chi connectivity index (χ3v) is 2.47. The highest BCUT2D eigenvalue weighted by Gasteiger charge is 2.12. The van der Waals surface area contributed by atoms with Gasteiger partial charge in [0.25, 0.3) is 0 Å². The van der Waals surface area contributed by atoms with Crippen molar-refractivity contribution < 1.29 is 9.53 Å². The average Bonchev–Trinajstić information content (AvgIpc) is 2.91. The molecule has 0 aliphatic carbocycles. The maximum atomic E-state index is 12.0. The highest BCUT2D eigenvalue weighted by molar-refractivity contribution is 5.92. The molecule has 0 aliphatic heterocycles. The number of carbonyl (C=O) groups is 1. The van der Waals surface area contributed by atoms with Crippen LogP contribution in [0.15, 0.2) is 43.0 Å². The fourth-order valence-corrected chi connectivity index (χ4v) is 1.46. The van der Waals surface area contributed by atoms with E-state index >= 15 is 0 Å². The van der Waals surface area contributed by atoms with Gasteiger partial charge in [-0.2, -0.15) is 0 Å². The van der Waals surface area contributed by atoms with Crippen molar-refractivity contribution in [2.45, 2.75) is 0 Å². The zero-order valence-corrected chi connectivity index (χ0v) is 9.70. The number of benzene rings is 1. The lowest BCUT2D eigenvalue weighted by atomic mass is 10.3. The summed E-state index contributed by atoms with van der Waals surface area (Å²) < 4.78 is 6.48. The molecule has 5 heteroatoms. The molecule has 17 heavy (non-hydrogen) atoms. The number of amides is 1. The summed E-state index contributed by atoms with van der Waals surface area (Å²) in [7, 11) is 3.32. The fraction of sp³-hybridized carbons (Fsp3) is 0.167. The Labute approximate surface area is 99.3 Å². The normalized spacial score (nSPS) is 10.0. The summed E-state index contributed by atoms with van der Waals surface area (Å²) in [4.78, 5) is 17.4. The summed E-state index contributed by atoms with van der Waals surface area (Å²) in [5.74, 6) is 0.761. The van der Waals surface area contributed by atoms with Crippen molar-refractivity contribution in [3.8, 4) is 5.75 Å².